The summed E-state index contributed by atoms with van der Waals surface area (Å²) in [5, 5.41) is 8.61. The molecule has 1 amide bonds. The average Bonchev–Trinajstić information content (AvgIpc) is 3.11. The van der Waals surface area contributed by atoms with Crippen molar-refractivity contribution in [3.63, 3.8) is 0 Å². The Labute approximate surface area is 142 Å². The summed E-state index contributed by atoms with van der Waals surface area (Å²) in [7, 11) is 3.43. The Balaban J connectivity index is 1.83. The Morgan fingerprint density at radius 3 is 3.05 bits per heavy atom. The van der Waals surface area contributed by atoms with Crippen molar-refractivity contribution in [2.45, 2.75) is 18.2 Å². The van der Waals surface area contributed by atoms with Crippen molar-refractivity contribution in [3.8, 4) is 0 Å². The fraction of sp³-hybridized carbons (Fsp3) is 0.462. The molecular weight excluding hydrogens is 344 g/mol. The van der Waals surface area contributed by atoms with Crippen LogP contribution in [0.5, 0.6) is 0 Å². The highest BCUT2D eigenvalue weighted by molar-refractivity contribution is 7.99. The lowest BCUT2D eigenvalue weighted by molar-refractivity contribution is -0.127. The number of methoxy groups -OCH3 is 1. The number of amides is 1. The number of hydrogen-bond acceptors (Lipinski definition) is 6. The Morgan fingerprint density at radius 1 is 1.55 bits per heavy atom. The zero-order chi connectivity index (χ0) is 15.9. The fourth-order valence-electron chi connectivity index (χ4n) is 1.69. The van der Waals surface area contributed by atoms with Crippen LogP contribution < -0.4 is 0 Å². The molecule has 2 aromatic heterocycles. The second kappa shape index (κ2) is 8.52. The van der Waals surface area contributed by atoms with E-state index in [0.717, 1.165) is 14.4 Å². The molecule has 0 saturated carbocycles. The van der Waals surface area contributed by atoms with Crippen LogP contribution in [-0.4, -0.2) is 52.1 Å². The van der Waals surface area contributed by atoms with Crippen molar-refractivity contribution in [2.75, 3.05) is 26.5 Å². The number of carbonyl (C=O) groups is 1. The maximum Gasteiger partial charge on any atom is 0.233 e. The van der Waals surface area contributed by atoms with Gasteiger partial charge in [0.25, 0.3) is 0 Å². The molecule has 0 aromatic carbocycles. The van der Waals surface area contributed by atoms with Crippen LogP contribution in [-0.2, 0) is 22.6 Å². The maximum absolute atomic E-state index is 12.2. The standard InChI is InChI=1S/C13H17ClN4O2S2/c1-17(7-10-3-4-11(14)22-10)12(19)8-21-13-16-15-9-18(13)5-6-20-2/h3-4,9H,5-8H2,1-2H3. The Hall–Kier alpha value is -1.09. The quantitative estimate of drug-likeness (QED) is 0.676. The highest BCUT2D eigenvalue weighted by Crippen LogP contribution is 2.23. The maximum atomic E-state index is 12.2. The van der Waals surface area contributed by atoms with Crippen LogP contribution in [0.3, 0.4) is 0 Å². The number of rotatable bonds is 8. The lowest BCUT2D eigenvalue weighted by Gasteiger charge is -2.15. The molecule has 0 bridgehead atoms. The minimum Gasteiger partial charge on any atom is -0.383 e. The molecule has 0 atom stereocenters. The molecule has 2 rings (SSSR count). The molecule has 0 aliphatic carbocycles. The Bertz CT molecular complexity index is 617. The van der Waals surface area contributed by atoms with Crippen molar-refractivity contribution in [2.24, 2.45) is 0 Å². The molecule has 120 valence electrons. The summed E-state index contributed by atoms with van der Waals surface area (Å²) in [4.78, 5) is 14.9. The zero-order valence-corrected chi connectivity index (χ0v) is 14.7. The SMILES string of the molecule is COCCn1cnnc1SCC(=O)N(C)Cc1ccc(Cl)s1. The third kappa shape index (κ3) is 4.98. The molecule has 0 N–H and O–H groups in total. The van der Waals surface area contributed by atoms with Crippen LogP contribution in [0.25, 0.3) is 0 Å². The third-order valence-corrected chi connectivity index (χ3v) is 5.07. The average molecular weight is 361 g/mol. The first-order valence-electron chi connectivity index (χ1n) is 6.58. The number of carbonyl (C=O) groups excluding carboxylic acids is 1. The molecule has 0 saturated heterocycles. The van der Waals surface area contributed by atoms with Gasteiger partial charge in [0.15, 0.2) is 5.16 Å². The van der Waals surface area contributed by atoms with Gasteiger partial charge in [-0.25, -0.2) is 0 Å². The molecule has 2 heterocycles. The molecule has 0 aliphatic rings. The summed E-state index contributed by atoms with van der Waals surface area (Å²) in [5.74, 6) is 0.359. The number of hydrogen-bond donors (Lipinski definition) is 0. The topological polar surface area (TPSA) is 60.2 Å². The number of thiophene rings is 1. The molecule has 9 heteroatoms. The summed E-state index contributed by atoms with van der Waals surface area (Å²) >= 11 is 8.76. The molecule has 0 aliphatic heterocycles. The van der Waals surface area contributed by atoms with Crippen molar-refractivity contribution in [1.82, 2.24) is 19.7 Å². The van der Waals surface area contributed by atoms with Gasteiger partial charge in [-0.2, -0.15) is 0 Å². The van der Waals surface area contributed by atoms with Crippen LogP contribution in [0.2, 0.25) is 4.34 Å². The van der Waals surface area contributed by atoms with Crippen LogP contribution >= 0.6 is 34.7 Å². The second-order valence-electron chi connectivity index (χ2n) is 4.54. The van der Waals surface area contributed by atoms with Crippen molar-refractivity contribution >= 4 is 40.6 Å². The lowest BCUT2D eigenvalue weighted by Crippen LogP contribution is -2.27. The van der Waals surface area contributed by atoms with E-state index < -0.39 is 0 Å². The smallest absolute Gasteiger partial charge is 0.233 e. The molecule has 0 unspecified atom stereocenters. The number of ether oxygens (including phenoxy) is 1. The minimum atomic E-state index is 0.0378. The van der Waals surface area contributed by atoms with Crippen LogP contribution in [0, 0.1) is 0 Å². The zero-order valence-electron chi connectivity index (χ0n) is 12.4. The van der Waals surface area contributed by atoms with Crippen molar-refractivity contribution < 1.29 is 9.53 Å². The van der Waals surface area contributed by atoms with Gasteiger partial charge >= 0.3 is 0 Å². The number of nitrogens with zero attached hydrogens (tertiary/aromatic N) is 4. The Morgan fingerprint density at radius 2 is 2.36 bits per heavy atom. The van der Waals surface area contributed by atoms with Gasteiger partial charge in [0.2, 0.25) is 5.91 Å². The van der Waals surface area contributed by atoms with E-state index in [-0.39, 0.29) is 5.91 Å². The van der Waals surface area contributed by atoms with Gasteiger partial charge in [0.1, 0.15) is 6.33 Å². The van der Waals surface area contributed by atoms with E-state index >= 15 is 0 Å². The van der Waals surface area contributed by atoms with E-state index in [1.54, 1.807) is 25.4 Å². The summed E-state index contributed by atoms with van der Waals surface area (Å²) in [6.07, 6.45) is 1.64. The summed E-state index contributed by atoms with van der Waals surface area (Å²) in [5.41, 5.74) is 0. The van der Waals surface area contributed by atoms with Gasteiger partial charge in [-0.3, -0.25) is 4.79 Å². The minimum absolute atomic E-state index is 0.0378. The molecule has 2 aromatic rings. The van der Waals surface area contributed by atoms with Crippen LogP contribution in [0.15, 0.2) is 23.6 Å². The lowest BCUT2D eigenvalue weighted by atomic mass is 10.4. The number of halogens is 1. The van der Waals surface area contributed by atoms with E-state index in [9.17, 15) is 4.79 Å². The highest BCUT2D eigenvalue weighted by atomic mass is 35.5. The summed E-state index contributed by atoms with van der Waals surface area (Å²) < 4.78 is 7.64. The monoisotopic (exact) mass is 360 g/mol. The van der Waals surface area contributed by atoms with E-state index in [0.29, 0.717) is 25.4 Å². The largest absolute Gasteiger partial charge is 0.383 e. The fourth-order valence-corrected chi connectivity index (χ4v) is 3.72. The van der Waals surface area contributed by atoms with E-state index in [1.165, 1.54) is 23.1 Å². The van der Waals surface area contributed by atoms with Crippen LogP contribution in [0.1, 0.15) is 4.88 Å². The third-order valence-electron chi connectivity index (χ3n) is 2.89. The van der Waals surface area contributed by atoms with Crippen molar-refractivity contribution in [3.05, 3.63) is 27.7 Å². The summed E-state index contributed by atoms with van der Waals surface area (Å²) in [6, 6.07) is 3.78. The molecular formula is C13H17ClN4O2S2. The molecule has 22 heavy (non-hydrogen) atoms. The predicted molar refractivity (Wildman–Crippen MR) is 88.4 cm³/mol. The van der Waals surface area contributed by atoms with Gasteiger partial charge in [0, 0.05) is 25.6 Å². The number of thioether (sulfide) groups is 1. The first-order valence-corrected chi connectivity index (χ1v) is 8.76. The van der Waals surface area contributed by atoms with Gasteiger partial charge < -0.3 is 14.2 Å². The molecule has 0 spiro atoms. The van der Waals surface area contributed by atoms with Gasteiger partial charge in [-0.15, -0.1) is 21.5 Å². The highest BCUT2D eigenvalue weighted by Gasteiger charge is 2.13. The van der Waals surface area contributed by atoms with Crippen molar-refractivity contribution in [1.29, 1.82) is 0 Å². The van der Waals surface area contributed by atoms with Gasteiger partial charge in [-0.1, -0.05) is 23.4 Å². The van der Waals surface area contributed by atoms with E-state index in [4.69, 9.17) is 16.3 Å². The predicted octanol–water partition coefficient (Wildman–Crippen LogP) is 2.39. The van der Waals surface area contributed by atoms with Gasteiger partial charge in [0.05, 0.1) is 23.2 Å². The first-order chi connectivity index (χ1) is 10.6. The first kappa shape index (κ1) is 17.3. The summed E-state index contributed by atoms with van der Waals surface area (Å²) in [6.45, 7) is 1.81. The molecule has 0 radical (unpaired) electrons. The van der Waals surface area contributed by atoms with Gasteiger partial charge in [-0.05, 0) is 12.1 Å². The van der Waals surface area contributed by atoms with E-state index in [1.807, 2.05) is 16.7 Å². The normalized spacial score (nSPS) is 10.9. The molecule has 6 nitrogen and oxygen atoms in total. The van der Waals surface area contributed by atoms with Crippen LogP contribution in [0.4, 0.5) is 0 Å². The molecule has 0 fully saturated rings. The second-order valence-corrected chi connectivity index (χ2v) is 7.29. The van der Waals surface area contributed by atoms with E-state index in [2.05, 4.69) is 10.2 Å². The Kier molecular flexibility index (Phi) is 6.69. The number of aromatic nitrogens is 3.